The normalized spacial score (nSPS) is 13.8. The molecule has 5 rings (SSSR count). The molecule has 1 fully saturated rings. The molecule has 40 heavy (non-hydrogen) atoms. The second kappa shape index (κ2) is 11.8. The Bertz CT molecular complexity index is 1540. The lowest BCUT2D eigenvalue weighted by molar-refractivity contribution is 0.0709. The van der Waals surface area contributed by atoms with Gasteiger partial charge in [0.15, 0.2) is 0 Å². The monoisotopic (exact) mass is 557 g/mol. The number of fused-ring (bicyclic) bond motifs is 1. The molecule has 3 amide bonds. The molecule has 9 nitrogen and oxygen atoms in total. The first-order valence-corrected chi connectivity index (χ1v) is 13.7. The zero-order chi connectivity index (χ0) is 28.2. The van der Waals surface area contributed by atoms with Gasteiger partial charge in [-0.25, -0.2) is 9.78 Å². The van der Waals surface area contributed by atoms with Crippen molar-refractivity contribution in [3.05, 3.63) is 94.3 Å². The third-order valence-electron chi connectivity index (χ3n) is 7.34. The second-order valence-corrected chi connectivity index (χ2v) is 10.5. The van der Waals surface area contributed by atoms with E-state index in [1.807, 2.05) is 54.4 Å². The number of aryl methyl sites for hydroxylation is 3. The molecule has 10 heteroatoms. The van der Waals surface area contributed by atoms with Gasteiger partial charge in [0.2, 0.25) is 0 Å². The minimum Gasteiger partial charge on any atom is -0.384 e. The van der Waals surface area contributed by atoms with Gasteiger partial charge in [0, 0.05) is 54.4 Å². The van der Waals surface area contributed by atoms with Crippen LogP contribution in [0.4, 0.5) is 10.5 Å². The van der Waals surface area contributed by atoms with E-state index in [2.05, 4.69) is 15.2 Å². The van der Waals surface area contributed by atoms with Crippen molar-refractivity contribution in [2.45, 2.75) is 31.7 Å². The summed E-state index contributed by atoms with van der Waals surface area (Å²) >= 11 is 5.90. The molecule has 1 aliphatic rings. The Morgan fingerprint density at radius 1 is 1.00 bits per heavy atom. The van der Waals surface area contributed by atoms with Crippen molar-refractivity contribution in [3.63, 3.8) is 0 Å². The summed E-state index contributed by atoms with van der Waals surface area (Å²) in [5.41, 5.74) is 10.5. The van der Waals surface area contributed by atoms with Crippen molar-refractivity contribution in [2.75, 3.05) is 18.4 Å². The largest absolute Gasteiger partial charge is 0.384 e. The number of amidine groups is 1. The Kier molecular flexibility index (Phi) is 8.02. The zero-order valence-corrected chi connectivity index (χ0v) is 23.0. The minimum atomic E-state index is -0.267. The molecule has 0 saturated carbocycles. The van der Waals surface area contributed by atoms with Crippen LogP contribution in [-0.2, 0) is 19.9 Å². The summed E-state index contributed by atoms with van der Waals surface area (Å²) in [6, 6.07) is 20.1. The van der Waals surface area contributed by atoms with Crippen molar-refractivity contribution in [2.24, 2.45) is 12.8 Å². The number of amides is 3. The van der Waals surface area contributed by atoms with Crippen molar-refractivity contribution >= 4 is 46.1 Å². The molecule has 0 spiro atoms. The third kappa shape index (κ3) is 6.26. The maximum absolute atomic E-state index is 13.3. The summed E-state index contributed by atoms with van der Waals surface area (Å²) in [7, 11) is 1.99. The number of likely N-dealkylation sites (tertiary alicyclic amines) is 1. The molecule has 206 valence electrons. The number of halogens is 1. The molecule has 1 aliphatic heterocycles. The lowest BCUT2D eigenvalue weighted by Crippen LogP contribution is -2.47. The lowest BCUT2D eigenvalue weighted by Gasteiger charge is -2.32. The number of benzene rings is 3. The molecule has 1 saturated heterocycles. The molecule has 4 aromatic rings. The lowest BCUT2D eigenvalue weighted by atomic mass is 10.0. The number of nitrogen functional groups attached to an aromatic ring is 1. The Labute approximate surface area is 237 Å². The number of nitrogens with zero attached hydrogens (tertiary/aromatic N) is 3. The van der Waals surface area contributed by atoms with E-state index in [1.54, 1.807) is 24.3 Å². The number of rotatable bonds is 7. The van der Waals surface area contributed by atoms with Crippen molar-refractivity contribution in [1.29, 1.82) is 5.41 Å². The van der Waals surface area contributed by atoms with E-state index in [9.17, 15) is 9.59 Å². The summed E-state index contributed by atoms with van der Waals surface area (Å²) in [6.07, 6.45) is 2.92. The Hall–Kier alpha value is -4.37. The fourth-order valence-corrected chi connectivity index (χ4v) is 5.13. The predicted octanol–water partition coefficient (Wildman–Crippen LogP) is 4.72. The first-order chi connectivity index (χ1) is 19.3. The van der Waals surface area contributed by atoms with Crippen LogP contribution in [0.2, 0.25) is 5.02 Å². The highest BCUT2D eigenvalue weighted by molar-refractivity contribution is 6.30. The highest BCUT2D eigenvalue weighted by atomic mass is 35.5. The maximum atomic E-state index is 13.3. The highest BCUT2D eigenvalue weighted by Crippen LogP contribution is 2.21. The number of carbonyl (C=O) groups is 2. The predicted molar refractivity (Wildman–Crippen MR) is 158 cm³/mol. The number of nitrogens with two attached hydrogens (primary N) is 1. The molecule has 0 aliphatic carbocycles. The van der Waals surface area contributed by atoms with Gasteiger partial charge in [-0.15, -0.1) is 0 Å². The molecule has 0 radical (unpaired) electrons. The Morgan fingerprint density at radius 3 is 2.35 bits per heavy atom. The molecule has 1 aromatic heterocycles. The van der Waals surface area contributed by atoms with E-state index in [1.165, 1.54) is 0 Å². The van der Waals surface area contributed by atoms with Crippen LogP contribution in [0.15, 0.2) is 66.7 Å². The fourth-order valence-electron chi connectivity index (χ4n) is 5.01. The van der Waals surface area contributed by atoms with E-state index < -0.39 is 0 Å². The van der Waals surface area contributed by atoms with Gasteiger partial charge in [-0.3, -0.25) is 10.2 Å². The quantitative estimate of drug-likeness (QED) is 0.193. The van der Waals surface area contributed by atoms with Crippen LogP contribution in [0.3, 0.4) is 0 Å². The molecule has 5 N–H and O–H groups in total. The van der Waals surface area contributed by atoms with E-state index in [-0.39, 0.29) is 23.8 Å². The second-order valence-electron chi connectivity index (χ2n) is 10.1. The SMILES string of the molecule is Cn1c(CCc2ccc(C(=N)N)cc2)nc2cc(C(=O)N3CCC(NC(=O)Nc4ccc(Cl)cc4)CC3)ccc21. The molecule has 0 bridgehead atoms. The van der Waals surface area contributed by atoms with Crippen LogP contribution in [0.1, 0.15) is 40.2 Å². The van der Waals surface area contributed by atoms with Gasteiger partial charge in [0.05, 0.1) is 11.0 Å². The molecule has 0 unspecified atom stereocenters. The van der Waals surface area contributed by atoms with E-state index >= 15 is 0 Å². The van der Waals surface area contributed by atoms with Gasteiger partial charge < -0.3 is 25.8 Å². The van der Waals surface area contributed by atoms with Gasteiger partial charge >= 0.3 is 6.03 Å². The van der Waals surface area contributed by atoms with Crippen molar-refractivity contribution < 1.29 is 9.59 Å². The van der Waals surface area contributed by atoms with Crippen LogP contribution in [-0.4, -0.2) is 51.4 Å². The van der Waals surface area contributed by atoms with Gasteiger partial charge in [-0.2, -0.15) is 0 Å². The molecule has 2 heterocycles. The third-order valence-corrected chi connectivity index (χ3v) is 7.59. The van der Waals surface area contributed by atoms with E-state index in [0.29, 0.717) is 47.8 Å². The van der Waals surface area contributed by atoms with Gasteiger partial charge in [-0.05, 0) is 67.3 Å². The summed E-state index contributed by atoms with van der Waals surface area (Å²) < 4.78 is 2.07. The van der Waals surface area contributed by atoms with Crippen molar-refractivity contribution in [3.8, 4) is 0 Å². The Balaban J connectivity index is 1.16. The number of anilines is 1. The zero-order valence-electron chi connectivity index (χ0n) is 22.3. The first kappa shape index (κ1) is 27.2. The topological polar surface area (TPSA) is 129 Å². The van der Waals surface area contributed by atoms with Crippen LogP contribution in [0.5, 0.6) is 0 Å². The van der Waals surface area contributed by atoms with Crippen LogP contribution < -0.4 is 16.4 Å². The fraction of sp³-hybridized carbons (Fsp3) is 0.267. The Morgan fingerprint density at radius 2 is 1.68 bits per heavy atom. The number of urea groups is 1. The van der Waals surface area contributed by atoms with Crippen LogP contribution in [0, 0.1) is 5.41 Å². The summed E-state index contributed by atoms with van der Waals surface area (Å²) in [5.74, 6) is 0.980. The van der Waals surface area contributed by atoms with E-state index in [4.69, 9.17) is 27.7 Å². The molecule has 0 atom stereocenters. The molecule has 3 aromatic carbocycles. The maximum Gasteiger partial charge on any atom is 0.319 e. The minimum absolute atomic E-state index is 0.00385. The standard InChI is InChI=1S/C30H32ClN7O2/c1-37-26-12-7-21(18-25(26)36-27(37)13-4-19-2-5-20(6-3-19)28(32)33)29(39)38-16-14-24(15-17-38)35-30(40)34-23-10-8-22(31)9-11-23/h2-3,5-12,18,24H,4,13-17H2,1H3,(H3,32,33)(H2,34,35,40). The average Bonchev–Trinajstić information content (AvgIpc) is 3.27. The number of imidazole rings is 1. The number of nitrogens with one attached hydrogen (secondary N) is 3. The number of hydrogen-bond donors (Lipinski definition) is 4. The number of piperidine rings is 1. The summed E-state index contributed by atoms with van der Waals surface area (Å²) in [5, 5.41) is 14.0. The van der Waals surface area contributed by atoms with Gasteiger partial charge in [0.25, 0.3) is 5.91 Å². The molecular formula is C30H32ClN7O2. The first-order valence-electron chi connectivity index (χ1n) is 13.3. The van der Waals surface area contributed by atoms with Gasteiger partial charge in [-0.1, -0.05) is 35.9 Å². The van der Waals surface area contributed by atoms with E-state index in [0.717, 1.165) is 35.3 Å². The van der Waals surface area contributed by atoms with Gasteiger partial charge in [0.1, 0.15) is 11.7 Å². The van der Waals surface area contributed by atoms with Crippen LogP contribution in [0.25, 0.3) is 11.0 Å². The smallest absolute Gasteiger partial charge is 0.319 e. The number of aromatic nitrogens is 2. The van der Waals surface area contributed by atoms with Crippen LogP contribution >= 0.6 is 11.6 Å². The number of hydrogen-bond acceptors (Lipinski definition) is 4. The summed E-state index contributed by atoms with van der Waals surface area (Å²) in [4.78, 5) is 32.3. The highest BCUT2D eigenvalue weighted by Gasteiger charge is 2.25. The molecular weight excluding hydrogens is 526 g/mol. The van der Waals surface area contributed by atoms with Crippen molar-refractivity contribution in [1.82, 2.24) is 19.8 Å². The number of carbonyl (C=O) groups excluding carboxylic acids is 2. The summed E-state index contributed by atoms with van der Waals surface area (Å²) in [6.45, 7) is 1.14. The average molecular weight is 558 g/mol.